The van der Waals surface area contributed by atoms with Crippen LogP contribution in [0.3, 0.4) is 0 Å². The lowest BCUT2D eigenvalue weighted by atomic mass is 10.1. The van der Waals surface area contributed by atoms with E-state index in [1.54, 1.807) is 0 Å². The lowest BCUT2D eigenvalue weighted by Gasteiger charge is -2.11. The molecule has 1 aromatic heterocycles. The highest BCUT2D eigenvalue weighted by Gasteiger charge is 2.34. The number of amides is 1. The lowest BCUT2D eigenvalue weighted by molar-refractivity contribution is -0.137. The van der Waals surface area contributed by atoms with Crippen molar-refractivity contribution in [3.8, 4) is 0 Å². The van der Waals surface area contributed by atoms with Gasteiger partial charge in [-0.1, -0.05) is 0 Å². The number of H-pyrrole nitrogens is 1. The van der Waals surface area contributed by atoms with Crippen LogP contribution in [0.4, 0.5) is 5.95 Å². The number of hydrogen-bond acceptors (Lipinski definition) is 6. The van der Waals surface area contributed by atoms with E-state index >= 15 is 0 Å². The minimum Gasteiger partial charge on any atom is -0.481 e. The molecule has 1 aromatic rings. The number of aryl methyl sites for hydroxylation is 1. The van der Waals surface area contributed by atoms with E-state index in [2.05, 4.69) is 15.2 Å². The van der Waals surface area contributed by atoms with Crippen molar-refractivity contribution in [2.24, 2.45) is 11.1 Å². The molecule has 11 heteroatoms. The minimum absolute atomic E-state index is 0.0649. The summed E-state index contributed by atoms with van der Waals surface area (Å²) in [6, 6.07) is 0. The molecule has 1 atom stereocenters. The Labute approximate surface area is 120 Å². The topological polar surface area (TPSA) is 159 Å². The summed E-state index contributed by atoms with van der Waals surface area (Å²) in [6.07, 6.45) is 0.136. The molecule has 0 spiro atoms. The predicted molar refractivity (Wildman–Crippen MR) is 70.8 cm³/mol. The molecule has 1 unspecified atom stereocenters. The summed E-state index contributed by atoms with van der Waals surface area (Å²) in [5.41, 5.74) is 0. The minimum atomic E-state index is -3.64. The largest absolute Gasteiger partial charge is 0.481 e. The summed E-state index contributed by atoms with van der Waals surface area (Å²) in [7, 11) is -3.64. The maximum atomic E-state index is 11.8. The van der Waals surface area contributed by atoms with Crippen molar-refractivity contribution in [1.29, 1.82) is 0 Å². The molecule has 0 bridgehead atoms. The number of carbonyl (C=O) groups excluding carboxylic acids is 1. The second kappa shape index (κ2) is 5.77. The predicted octanol–water partition coefficient (Wildman–Crippen LogP) is -1.54. The van der Waals surface area contributed by atoms with Crippen LogP contribution in [0.25, 0.3) is 0 Å². The van der Waals surface area contributed by atoms with E-state index in [4.69, 9.17) is 10.2 Å². The molecule has 0 radical (unpaired) electrons. The van der Waals surface area contributed by atoms with E-state index in [0.717, 1.165) is 0 Å². The van der Waals surface area contributed by atoms with Gasteiger partial charge < -0.3 is 5.11 Å². The molecule has 116 valence electrons. The second-order valence-electron chi connectivity index (χ2n) is 4.88. The molecule has 1 fully saturated rings. The van der Waals surface area contributed by atoms with Crippen LogP contribution < -0.4 is 10.0 Å². The molecule has 1 aliphatic heterocycles. The van der Waals surface area contributed by atoms with E-state index in [0.29, 0.717) is 5.82 Å². The molecule has 0 aromatic carbocycles. The van der Waals surface area contributed by atoms with Crippen molar-refractivity contribution in [3.63, 3.8) is 0 Å². The van der Waals surface area contributed by atoms with E-state index < -0.39 is 21.9 Å². The number of anilines is 1. The number of carboxylic acids is 1. The summed E-state index contributed by atoms with van der Waals surface area (Å²) in [4.78, 5) is 27.6. The quantitative estimate of drug-likeness (QED) is 0.573. The first kappa shape index (κ1) is 15.4. The van der Waals surface area contributed by atoms with Crippen molar-refractivity contribution < 1.29 is 23.1 Å². The van der Waals surface area contributed by atoms with Gasteiger partial charge in [-0.05, 0) is 0 Å². The molecule has 10 nitrogen and oxygen atoms in total. The Kier molecular flexibility index (Phi) is 4.23. The van der Waals surface area contributed by atoms with Crippen LogP contribution in [-0.4, -0.2) is 52.9 Å². The van der Waals surface area contributed by atoms with Crippen molar-refractivity contribution in [3.05, 3.63) is 5.82 Å². The molecular weight excluding hydrogens is 302 g/mol. The average molecular weight is 317 g/mol. The van der Waals surface area contributed by atoms with Crippen molar-refractivity contribution >= 4 is 27.8 Å². The molecule has 2 heterocycles. The smallest absolute Gasteiger partial charge is 0.303 e. The van der Waals surface area contributed by atoms with Gasteiger partial charge in [0.1, 0.15) is 5.82 Å². The summed E-state index contributed by atoms with van der Waals surface area (Å²) in [6.45, 7) is 0.172. The van der Waals surface area contributed by atoms with Crippen LogP contribution in [0.15, 0.2) is 0 Å². The molecule has 2 rings (SSSR count). The molecule has 0 aliphatic carbocycles. The van der Waals surface area contributed by atoms with Crippen molar-refractivity contribution in [2.45, 2.75) is 19.3 Å². The van der Waals surface area contributed by atoms with E-state index in [-0.39, 0.29) is 43.4 Å². The zero-order chi connectivity index (χ0) is 15.6. The van der Waals surface area contributed by atoms with Gasteiger partial charge in [0.2, 0.25) is 15.9 Å². The van der Waals surface area contributed by atoms with Gasteiger partial charge in [-0.3, -0.25) is 19.6 Å². The fourth-order valence-electron chi connectivity index (χ4n) is 2.16. The Morgan fingerprint density at radius 2 is 2.24 bits per heavy atom. The first-order valence-electron chi connectivity index (χ1n) is 6.18. The van der Waals surface area contributed by atoms with Gasteiger partial charge in [0.25, 0.3) is 5.95 Å². The summed E-state index contributed by atoms with van der Waals surface area (Å²) in [5, 5.41) is 20.0. The van der Waals surface area contributed by atoms with Crippen molar-refractivity contribution in [2.75, 3.05) is 17.2 Å². The van der Waals surface area contributed by atoms with Crippen LogP contribution in [0.5, 0.6) is 0 Å². The Morgan fingerprint density at radius 1 is 1.52 bits per heavy atom. The lowest BCUT2D eigenvalue weighted by Crippen LogP contribution is -2.28. The number of aromatic amines is 1. The molecular formula is C10H15N5O5S. The molecule has 0 saturated carbocycles. The molecule has 21 heavy (non-hydrogen) atoms. The van der Waals surface area contributed by atoms with Crippen LogP contribution >= 0.6 is 0 Å². The Morgan fingerprint density at radius 3 is 2.86 bits per heavy atom. The number of rotatable bonds is 6. The maximum Gasteiger partial charge on any atom is 0.303 e. The normalized spacial score (nSPS) is 19.2. The number of nitrogens with one attached hydrogen (secondary N) is 1. The number of sulfonamides is 1. The zero-order valence-corrected chi connectivity index (χ0v) is 11.8. The van der Waals surface area contributed by atoms with Gasteiger partial charge in [-0.15, -0.1) is 5.10 Å². The highest BCUT2D eigenvalue weighted by atomic mass is 32.2. The van der Waals surface area contributed by atoms with Crippen LogP contribution in [-0.2, 0) is 26.0 Å². The third-order valence-electron chi connectivity index (χ3n) is 3.01. The highest BCUT2D eigenvalue weighted by molar-refractivity contribution is 7.89. The summed E-state index contributed by atoms with van der Waals surface area (Å²) >= 11 is 0. The van der Waals surface area contributed by atoms with E-state index in [9.17, 15) is 18.0 Å². The number of nitrogens with two attached hydrogens (primary N) is 1. The number of carboxylic acid groups (broad SMARTS) is 1. The molecule has 1 saturated heterocycles. The van der Waals surface area contributed by atoms with Crippen LogP contribution in [0, 0.1) is 5.92 Å². The number of aromatic nitrogens is 3. The van der Waals surface area contributed by atoms with Gasteiger partial charge in [0.15, 0.2) is 0 Å². The Hall–Kier alpha value is -2.01. The Bertz CT molecular complexity index is 655. The van der Waals surface area contributed by atoms with Crippen LogP contribution in [0.2, 0.25) is 0 Å². The van der Waals surface area contributed by atoms with Gasteiger partial charge in [-0.2, -0.15) is 4.98 Å². The maximum absolute atomic E-state index is 11.8. The fraction of sp³-hybridized carbons (Fsp3) is 0.600. The summed E-state index contributed by atoms with van der Waals surface area (Å²) < 4.78 is 22.1. The molecule has 1 aliphatic rings. The second-order valence-corrected chi connectivity index (χ2v) is 6.54. The first-order valence-corrected chi connectivity index (χ1v) is 7.90. The number of nitrogens with zero attached hydrogens (tertiary/aromatic N) is 3. The summed E-state index contributed by atoms with van der Waals surface area (Å²) in [5.74, 6) is -1.43. The number of primary sulfonamides is 1. The van der Waals surface area contributed by atoms with Gasteiger partial charge in [-0.25, -0.2) is 13.6 Å². The first-order chi connectivity index (χ1) is 9.74. The molecule has 4 N–H and O–H groups in total. The highest BCUT2D eigenvalue weighted by Crippen LogP contribution is 2.23. The average Bonchev–Trinajstić information content (AvgIpc) is 2.91. The number of carbonyl (C=O) groups is 2. The molecule has 1 amide bonds. The zero-order valence-electron chi connectivity index (χ0n) is 11.0. The SMILES string of the molecule is NS(=O)(=O)CC1CC(=O)N(c2n[nH]c(CCC(=O)O)n2)C1. The third kappa shape index (κ3) is 4.23. The van der Waals surface area contributed by atoms with Crippen molar-refractivity contribution in [1.82, 2.24) is 15.2 Å². The van der Waals surface area contributed by atoms with Crippen LogP contribution in [0.1, 0.15) is 18.7 Å². The van der Waals surface area contributed by atoms with Gasteiger partial charge in [0.05, 0.1) is 12.2 Å². The standard InChI is InChI=1S/C10H15N5O5S/c11-21(19,20)5-6-3-8(16)15(4-6)10-12-7(13-14-10)1-2-9(17)18/h6H,1-5H2,(H,17,18)(H2,11,19,20)(H,12,13,14). The van der Waals surface area contributed by atoms with E-state index in [1.807, 2.05) is 0 Å². The third-order valence-corrected chi connectivity index (χ3v) is 3.95. The monoisotopic (exact) mass is 317 g/mol. The number of hydrogen-bond donors (Lipinski definition) is 3. The van der Waals surface area contributed by atoms with Gasteiger partial charge >= 0.3 is 5.97 Å². The fourth-order valence-corrected chi connectivity index (χ4v) is 3.04. The van der Waals surface area contributed by atoms with Gasteiger partial charge in [0, 0.05) is 25.3 Å². The Balaban J connectivity index is 2.02. The number of aliphatic carboxylic acids is 1. The van der Waals surface area contributed by atoms with E-state index in [1.165, 1.54) is 4.90 Å².